The Morgan fingerprint density at radius 2 is 1.88 bits per heavy atom. The lowest BCUT2D eigenvalue weighted by Crippen LogP contribution is -2.54. The van der Waals surface area contributed by atoms with Gasteiger partial charge in [0, 0.05) is 47.9 Å². The van der Waals surface area contributed by atoms with Gasteiger partial charge >= 0.3 is 0 Å². The molecule has 2 N–H and O–H groups in total. The highest BCUT2D eigenvalue weighted by Gasteiger charge is 2.49. The third kappa shape index (κ3) is 6.31. The van der Waals surface area contributed by atoms with Crippen molar-refractivity contribution < 1.29 is 23.1 Å². The fourth-order valence-corrected chi connectivity index (χ4v) is 10.2. The number of rotatable bonds is 2. The number of fused-ring (bicyclic) bond motifs is 4. The number of hydrogen-bond acceptors (Lipinski definition) is 8. The van der Waals surface area contributed by atoms with Crippen LogP contribution in [0.25, 0.3) is 0 Å². The lowest BCUT2D eigenvalue weighted by Gasteiger charge is -2.50. The average molecular weight is 693 g/mol. The number of nitrogens with zero attached hydrogens (tertiary/aromatic N) is 3. The van der Waals surface area contributed by atoms with E-state index >= 15 is 0 Å². The quantitative estimate of drug-likeness (QED) is 0.342. The van der Waals surface area contributed by atoms with Crippen LogP contribution in [0.1, 0.15) is 86.1 Å². The lowest BCUT2D eigenvalue weighted by molar-refractivity contribution is -0.0892. The first-order chi connectivity index (χ1) is 23.0. The summed E-state index contributed by atoms with van der Waals surface area (Å²) in [4.78, 5) is 24.8. The van der Waals surface area contributed by atoms with Crippen molar-refractivity contribution in [2.45, 2.75) is 87.9 Å². The van der Waals surface area contributed by atoms with Gasteiger partial charge in [-0.05, 0) is 117 Å². The molecule has 4 aliphatic rings. The zero-order valence-corrected chi connectivity index (χ0v) is 29.3. The number of anilines is 1. The van der Waals surface area contributed by atoms with Gasteiger partial charge in [-0.25, -0.2) is 23.1 Å². The maximum atomic E-state index is 13.5. The number of carbonyl (C=O) groups is 1. The van der Waals surface area contributed by atoms with Crippen molar-refractivity contribution >= 4 is 33.2 Å². The van der Waals surface area contributed by atoms with Gasteiger partial charge in [0.05, 0.1) is 23.1 Å². The molecule has 1 aromatic heterocycles. The number of hydrogen-bond donors (Lipinski definition) is 2. The normalized spacial score (nSPS) is 31.8. The van der Waals surface area contributed by atoms with Gasteiger partial charge in [0.25, 0.3) is 5.91 Å². The summed E-state index contributed by atoms with van der Waals surface area (Å²) in [6, 6.07) is 13.2. The summed E-state index contributed by atoms with van der Waals surface area (Å²) in [6.45, 7) is 5.35. The number of aromatic nitrogens is 2. The minimum absolute atomic E-state index is 0.0122. The molecular weight excluding hydrogens is 648 g/mol. The maximum Gasteiger partial charge on any atom is 0.264 e. The van der Waals surface area contributed by atoms with Gasteiger partial charge in [-0.2, -0.15) is 0 Å². The number of sulfonamides is 1. The molecule has 1 saturated carbocycles. The van der Waals surface area contributed by atoms with Gasteiger partial charge in [-0.15, -0.1) is 0 Å². The second-order valence-corrected chi connectivity index (χ2v) is 17.2. The van der Waals surface area contributed by atoms with Crippen LogP contribution in [0.5, 0.6) is 5.75 Å². The van der Waals surface area contributed by atoms with Crippen LogP contribution in [0.15, 0.2) is 54.9 Å². The lowest BCUT2D eigenvalue weighted by atomic mass is 9.61. The Bertz CT molecular complexity index is 1790. The van der Waals surface area contributed by atoms with Crippen molar-refractivity contribution in [2.24, 2.45) is 17.8 Å². The minimum atomic E-state index is -3.96. The molecule has 1 amide bonds. The van der Waals surface area contributed by atoms with Crippen molar-refractivity contribution in [1.82, 2.24) is 14.7 Å². The molecule has 2 aliphatic heterocycles. The molecule has 48 heavy (non-hydrogen) atoms. The number of nitrogens with one attached hydrogen (secondary N) is 1. The van der Waals surface area contributed by atoms with E-state index in [1.807, 2.05) is 13.0 Å². The van der Waals surface area contributed by atoms with Gasteiger partial charge in [0.1, 0.15) is 11.6 Å². The second kappa shape index (κ2) is 12.9. The monoisotopic (exact) mass is 692 g/mol. The van der Waals surface area contributed by atoms with Gasteiger partial charge in [0.2, 0.25) is 10.0 Å². The van der Waals surface area contributed by atoms with Gasteiger partial charge in [0.15, 0.2) is 0 Å². The van der Waals surface area contributed by atoms with Crippen LogP contribution >= 0.6 is 11.6 Å². The predicted molar refractivity (Wildman–Crippen MR) is 186 cm³/mol. The fourth-order valence-electron chi connectivity index (χ4n) is 8.69. The van der Waals surface area contributed by atoms with E-state index in [-0.39, 0.29) is 28.7 Å². The van der Waals surface area contributed by atoms with Crippen molar-refractivity contribution in [1.29, 1.82) is 0 Å². The molecule has 1 fully saturated rings. The van der Waals surface area contributed by atoms with E-state index < -0.39 is 26.8 Å². The number of ether oxygens (including phenoxy) is 1. The van der Waals surface area contributed by atoms with Gasteiger partial charge in [-0.1, -0.05) is 31.0 Å². The first-order valence-corrected chi connectivity index (χ1v) is 19.2. The first kappa shape index (κ1) is 33.3. The van der Waals surface area contributed by atoms with E-state index in [9.17, 15) is 18.3 Å². The zero-order chi connectivity index (χ0) is 33.7. The number of aryl methyl sites for hydroxylation is 1. The minimum Gasteiger partial charge on any atom is -0.490 e. The topological polar surface area (TPSA) is 122 Å². The molecule has 3 heterocycles. The van der Waals surface area contributed by atoms with Crippen LogP contribution in [0.2, 0.25) is 5.02 Å². The molecule has 11 heteroatoms. The van der Waals surface area contributed by atoms with E-state index in [2.05, 4.69) is 31.7 Å². The molecule has 2 aliphatic carbocycles. The van der Waals surface area contributed by atoms with Crippen molar-refractivity contribution in [3.63, 3.8) is 0 Å². The molecule has 7 rings (SSSR count). The second-order valence-electron chi connectivity index (χ2n) is 14.7. The molecule has 0 radical (unpaired) electrons. The van der Waals surface area contributed by atoms with Gasteiger partial charge in [-0.3, -0.25) is 4.79 Å². The van der Waals surface area contributed by atoms with Gasteiger partial charge < -0.3 is 14.7 Å². The highest BCUT2D eigenvalue weighted by molar-refractivity contribution is 7.90. The average Bonchev–Trinajstić information content (AvgIpc) is 3.19. The van der Waals surface area contributed by atoms with E-state index in [1.54, 1.807) is 43.6 Å². The molecular formula is C37H45ClN4O5S. The molecule has 1 spiro atoms. The highest BCUT2D eigenvalue weighted by Crippen LogP contribution is 2.49. The van der Waals surface area contributed by atoms with Crippen LogP contribution < -0.4 is 14.4 Å². The predicted octanol–water partition coefficient (Wildman–Crippen LogP) is 5.87. The summed E-state index contributed by atoms with van der Waals surface area (Å²) in [5.41, 5.74) is 2.18. The molecule has 0 saturated heterocycles. The Balaban J connectivity index is 1.31. The van der Waals surface area contributed by atoms with Crippen LogP contribution in [-0.4, -0.2) is 59.9 Å². The van der Waals surface area contributed by atoms with Crippen molar-refractivity contribution in [2.75, 3.05) is 24.6 Å². The van der Waals surface area contributed by atoms with Crippen molar-refractivity contribution in [3.05, 3.63) is 82.4 Å². The first-order valence-electron chi connectivity index (χ1n) is 17.3. The molecule has 9 nitrogen and oxygen atoms in total. The Hall–Kier alpha value is -3.21. The number of aliphatic hydroxyl groups is 1. The standard InChI is InChI=1S/C37H45ClN4O5S/c1-24-6-3-15-37(44,20-34-39-16-5-17-40-34)31-11-8-28(31)21-42-22-36(14-4-7-26-18-29(38)10-12-30(26)36)23-47-33-13-9-27(19-32(33)42)35(43)41-48(45,46)25(24)2/h5,9-10,12-13,16-19,24-25,28,31,44H,3-4,6-8,11,14-15,20-23H2,1-2H3,(H,41,43)/t24-,25+,28-,31+,36-,37+/m0/s1. The summed E-state index contributed by atoms with van der Waals surface area (Å²) in [5.74, 6) is 0.619. The molecule has 2 bridgehead atoms. The summed E-state index contributed by atoms with van der Waals surface area (Å²) in [6.07, 6.45) is 10.3. The largest absolute Gasteiger partial charge is 0.490 e. The van der Waals surface area contributed by atoms with E-state index in [1.165, 1.54) is 11.1 Å². The van der Waals surface area contributed by atoms with E-state index in [4.69, 9.17) is 16.3 Å². The summed E-state index contributed by atoms with van der Waals surface area (Å²) in [7, 11) is -3.96. The third-order valence-electron chi connectivity index (χ3n) is 11.7. The SMILES string of the molecule is C[C@@H]1[C@@H](C)CCC[C@@](O)(Cc2ncccn2)[C@@H]2CC[C@H]2CN2C[C@@]3(CCCc4cc(Cl)ccc43)COc3ccc(cc32)C(=O)NS1(=O)=O. The van der Waals surface area contributed by atoms with Crippen LogP contribution in [0.4, 0.5) is 5.69 Å². The molecule has 2 aromatic carbocycles. The smallest absolute Gasteiger partial charge is 0.264 e. The van der Waals surface area contributed by atoms with Crippen molar-refractivity contribution in [3.8, 4) is 5.75 Å². The maximum absolute atomic E-state index is 13.5. The number of halogens is 1. The fraction of sp³-hybridized carbons (Fsp3) is 0.541. The third-order valence-corrected chi connectivity index (χ3v) is 13.9. The Kier molecular flexibility index (Phi) is 8.96. The number of carbonyl (C=O) groups excluding carboxylic acids is 1. The summed E-state index contributed by atoms with van der Waals surface area (Å²) < 4.78 is 35.8. The molecule has 0 unspecified atom stereocenters. The Labute approximate surface area is 288 Å². The molecule has 6 atom stereocenters. The number of benzene rings is 2. The Morgan fingerprint density at radius 3 is 2.65 bits per heavy atom. The van der Waals surface area contributed by atoms with E-state index in [0.29, 0.717) is 57.0 Å². The highest BCUT2D eigenvalue weighted by atomic mass is 35.5. The number of amides is 1. The zero-order valence-electron chi connectivity index (χ0n) is 27.7. The Morgan fingerprint density at radius 1 is 1.06 bits per heavy atom. The van der Waals surface area contributed by atoms with Crippen LogP contribution in [-0.2, 0) is 28.3 Å². The summed E-state index contributed by atoms with van der Waals surface area (Å²) in [5, 5.41) is 12.5. The van der Waals surface area contributed by atoms with Crippen LogP contribution in [0, 0.1) is 17.8 Å². The molecule has 3 aromatic rings. The van der Waals surface area contributed by atoms with Crippen LogP contribution in [0.3, 0.4) is 0 Å². The summed E-state index contributed by atoms with van der Waals surface area (Å²) >= 11 is 6.45. The van der Waals surface area contributed by atoms with E-state index in [0.717, 1.165) is 42.8 Å². The molecule has 256 valence electrons.